The van der Waals surface area contributed by atoms with Crippen LogP contribution in [0.4, 0.5) is 5.95 Å². The largest absolute Gasteiger partial charge is 0.467 e. The van der Waals surface area contributed by atoms with Crippen molar-refractivity contribution in [2.75, 3.05) is 5.73 Å². The van der Waals surface area contributed by atoms with Gasteiger partial charge in [-0.25, -0.2) is 4.98 Å². The van der Waals surface area contributed by atoms with Crippen molar-refractivity contribution in [3.63, 3.8) is 0 Å². The second kappa shape index (κ2) is 3.74. The van der Waals surface area contributed by atoms with Crippen molar-refractivity contribution in [1.82, 2.24) is 19.5 Å². The zero-order valence-electron chi connectivity index (χ0n) is 8.67. The van der Waals surface area contributed by atoms with Gasteiger partial charge >= 0.3 is 0 Å². The molecule has 3 heterocycles. The van der Waals surface area contributed by atoms with E-state index in [9.17, 15) is 0 Å². The van der Waals surface area contributed by atoms with Gasteiger partial charge < -0.3 is 14.7 Å². The van der Waals surface area contributed by atoms with Gasteiger partial charge in [0.2, 0.25) is 5.95 Å². The molecular formula is C10H8ClN5O. The molecule has 7 heteroatoms. The number of rotatable bonds is 2. The van der Waals surface area contributed by atoms with Crippen LogP contribution in [-0.4, -0.2) is 19.5 Å². The van der Waals surface area contributed by atoms with E-state index in [1.54, 1.807) is 17.2 Å². The van der Waals surface area contributed by atoms with Crippen LogP contribution in [0, 0.1) is 0 Å². The van der Waals surface area contributed by atoms with E-state index < -0.39 is 0 Å². The van der Waals surface area contributed by atoms with Gasteiger partial charge in [-0.1, -0.05) is 11.6 Å². The number of anilines is 1. The summed E-state index contributed by atoms with van der Waals surface area (Å²) in [5, 5.41) is 0.255. The third-order valence-corrected chi connectivity index (χ3v) is 2.61. The lowest BCUT2D eigenvalue weighted by Gasteiger charge is -2.01. The predicted molar refractivity (Wildman–Crippen MR) is 62.6 cm³/mol. The minimum Gasteiger partial charge on any atom is -0.467 e. The Labute approximate surface area is 101 Å². The molecule has 0 spiro atoms. The maximum absolute atomic E-state index is 5.93. The normalized spacial score (nSPS) is 11.1. The lowest BCUT2D eigenvalue weighted by molar-refractivity contribution is 0.495. The lowest BCUT2D eigenvalue weighted by atomic mass is 10.4. The van der Waals surface area contributed by atoms with Gasteiger partial charge in [0.25, 0.3) is 0 Å². The van der Waals surface area contributed by atoms with Crippen LogP contribution in [0.1, 0.15) is 5.76 Å². The highest BCUT2D eigenvalue weighted by Gasteiger charge is 2.11. The van der Waals surface area contributed by atoms with Crippen LogP contribution < -0.4 is 5.73 Å². The number of fused-ring (bicyclic) bond motifs is 1. The van der Waals surface area contributed by atoms with E-state index in [0.717, 1.165) is 5.76 Å². The van der Waals surface area contributed by atoms with Crippen molar-refractivity contribution in [2.45, 2.75) is 6.54 Å². The minimum atomic E-state index is 0.128. The maximum atomic E-state index is 5.93. The summed E-state index contributed by atoms with van der Waals surface area (Å²) in [4.78, 5) is 12.1. The number of aromatic nitrogens is 4. The molecule has 0 unspecified atom stereocenters. The third-order valence-electron chi connectivity index (χ3n) is 2.34. The number of nitrogens with zero attached hydrogens (tertiary/aromatic N) is 4. The Morgan fingerprint density at radius 3 is 3.06 bits per heavy atom. The highest BCUT2D eigenvalue weighted by Crippen LogP contribution is 2.20. The monoisotopic (exact) mass is 249 g/mol. The molecule has 0 aliphatic rings. The van der Waals surface area contributed by atoms with Gasteiger partial charge in [-0.2, -0.15) is 9.97 Å². The van der Waals surface area contributed by atoms with Crippen molar-refractivity contribution in [1.29, 1.82) is 0 Å². The summed E-state index contributed by atoms with van der Waals surface area (Å²) in [5.41, 5.74) is 6.69. The summed E-state index contributed by atoms with van der Waals surface area (Å²) in [5.74, 6) is 0.932. The third kappa shape index (κ3) is 1.72. The molecule has 0 amide bonds. The van der Waals surface area contributed by atoms with Crippen LogP contribution in [0.3, 0.4) is 0 Å². The zero-order chi connectivity index (χ0) is 11.8. The molecular weight excluding hydrogens is 242 g/mol. The molecule has 0 bridgehead atoms. The Balaban J connectivity index is 2.11. The molecule has 3 aromatic heterocycles. The molecule has 0 saturated carbocycles. The average Bonchev–Trinajstić information content (AvgIpc) is 2.89. The smallest absolute Gasteiger partial charge is 0.223 e. The fourth-order valence-electron chi connectivity index (χ4n) is 1.61. The van der Waals surface area contributed by atoms with Crippen LogP contribution in [0.15, 0.2) is 29.1 Å². The van der Waals surface area contributed by atoms with Gasteiger partial charge in [0.15, 0.2) is 10.8 Å². The van der Waals surface area contributed by atoms with Gasteiger partial charge in [-0.15, -0.1) is 0 Å². The summed E-state index contributed by atoms with van der Waals surface area (Å²) >= 11 is 5.93. The van der Waals surface area contributed by atoms with Crippen molar-refractivity contribution in [2.24, 2.45) is 0 Å². The number of nitrogens with two attached hydrogens (primary N) is 1. The summed E-state index contributed by atoms with van der Waals surface area (Å²) in [6.07, 6.45) is 3.25. The van der Waals surface area contributed by atoms with E-state index in [4.69, 9.17) is 21.8 Å². The van der Waals surface area contributed by atoms with Crippen molar-refractivity contribution >= 4 is 28.7 Å². The molecule has 3 rings (SSSR count). The predicted octanol–water partition coefficient (Wildman–Crippen LogP) is 1.70. The van der Waals surface area contributed by atoms with E-state index in [0.29, 0.717) is 17.7 Å². The minimum absolute atomic E-state index is 0.128. The number of hydrogen-bond acceptors (Lipinski definition) is 5. The first-order valence-electron chi connectivity index (χ1n) is 4.90. The number of nitrogen functional groups attached to an aromatic ring is 1. The number of halogens is 1. The molecule has 0 aliphatic carbocycles. The Bertz CT molecular complexity index is 661. The summed E-state index contributed by atoms with van der Waals surface area (Å²) in [6.45, 7) is 0.524. The van der Waals surface area contributed by atoms with E-state index >= 15 is 0 Å². The molecule has 0 aliphatic heterocycles. The highest BCUT2D eigenvalue weighted by atomic mass is 35.5. The van der Waals surface area contributed by atoms with Gasteiger partial charge in [0.05, 0.1) is 19.1 Å². The van der Waals surface area contributed by atoms with Gasteiger partial charge in [0.1, 0.15) is 11.3 Å². The molecule has 3 aromatic rings. The number of imidazole rings is 1. The van der Waals surface area contributed by atoms with E-state index in [2.05, 4.69) is 15.0 Å². The Morgan fingerprint density at radius 2 is 2.29 bits per heavy atom. The van der Waals surface area contributed by atoms with Crippen molar-refractivity contribution < 1.29 is 4.42 Å². The molecule has 17 heavy (non-hydrogen) atoms. The molecule has 6 nitrogen and oxygen atoms in total. The average molecular weight is 250 g/mol. The van der Waals surface area contributed by atoms with Crippen LogP contribution in [0.2, 0.25) is 5.15 Å². The van der Waals surface area contributed by atoms with Gasteiger partial charge in [-0.05, 0) is 12.1 Å². The van der Waals surface area contributed by atoms with Crippen LogP contribution in [0.5, 0.6) is 0 Å². The first-order valence-corrected chi connectivity index (χ1v) is 5.28. The van der Waals surface area contributed by atoms with Crippen molar-refractivity contribution in [3.05, 3.63) is 35.6 Å². The van der Waals surface area contributed by atoms with Crippen molar-refractivity contribution in [3.8, 4) is 0 Å². The molecule has 86 valence electrons. The fraction of sp³-hybridized carbons (Fsp3) is 0.100. The maximum Gasteiger partial charge on any atom is 0.223 e. The standard InChI is InChI=1S/C10H8ClN5O/c11-8-7-9(15-10(12)14-8)16(5-13-7)4-6-2-1-3-17-6/h1-3,5H,4H2,(H2,12,14,15). The second-order valence-corrected chi connectivity index (χ2v) is 3.85. The zero-order valence-corrected chi connectivity index (χ0v) is 9.42. The highest BCUT2D eigenvalue weighted by molar-refractivity contribution is 6.33. The van der Waals surface area contributed by atoms with E-state index in [1.807, 2.05) is 12.1 Å². The Kier molecular flexibility index (Phi) is 2.22. The quantitative estimate of drug-likeness (QED) is 0.699. The first kappa shape index (κ1) is 10.1. The molecule has 0 aromatic carbocycles. The summed E-state index contributed by atoms with van der Waals surface area (Å²) in [7, 11) is 0. The summed E-state index contributed by atoms with van der Waals surface area (Å²) < 4.78 is 7.06. The van der Waals surface area contributed by atoms with Crippen LogP contribution in [0.25, 0.3) is 11.2 Å². The Morgan fingerprint density at radius 1 is 1.41 bits per heavy atom. The van der Waals surface area contributed by atoms with Crippen LogP contribution >= 0.6 is 11.6 Å². The lowest BCUT2D eigenvalue weighted by Crippen LogP contribution is -2.01. The van der Waals surface area contributed by atoms with Gasteiger partial charge in [-0.3, -0.25) is 0 Å². The fourth-order valence-corrected chi connectivity index (χ4v) is 1.83. The number of furan rings is 1. The SMILES string of the molecule is Nc1nc(Cl)c2ncn(Cc3ccco3)c2n1. The Hall–Kier alpha value is -2.08. The summed E-state index contributed by atoms with van der Waals surface area (Å²) in [6, 6.07) is 3.70. The van der Waals surface area contributed by atoms with Gasteiger partial charge in [0, 0.05) is 0 Å². The van der Waals surface area contributed by atoms with E-state index in [-0.39, 0.29) is 11.1 Å². The molecule has 0 saturated heterocycles. The molecule has 0 radical (unpaired) electrons. The second-order valence-electron chi connectivity index (χ2n) is 3.50. The molecule has 2 N–H and O–H groups in total. The van der Waals surface area contributed by atoms with E-state index in [1.165, 1.54) is 0 Å². The number of hydrogen-bond donors (Lipinski definition) is 1. The molecule has 0 atom stereocenters. The first-order chi connectivity index (χ1) is 8.24. The topological polar surface area (TPSA) is 82.8 Å². The molecule has 0 fully saturated rings. The van der Waals surface area contributed by atoms with Crippen LogP contribution in [-0.2, 0) is 6.54 Å².